The number of sulfone groups is 1. The van der Waals surface area contributed by atoms with E-state index in [0.717, 1.165) is 0 Å². The van der Waals surface area contributed by atoms with Gasteiger partial charge in [-0.25, -0.2) is 8.42 Å². The minimum atomic E-state index is -2.95. The molecule has 0 aromatic heterocycles. The number of benzene rings is 1. The van der Waals surface area contributed by atoms with Gasteiger partial charge in [0.2, 0.25) is 0 Å². The summed E-state index contributed by atoms with van der Waals surface area (Å²) in [6.45, 7) is 0. The van der Waals surface area contributed by atoms with E-state index in [0.29, 0.717) is 12.0 Å². The van der Waals surface area contributed by atoms with Crippen molar-refractivity contribution in [1.29, 1.82) is 0 Å². The lowest BCUT2D eigenvalue weighted by molar-refractivity contribution is 0.0982. The summed E-state index contributed by atoms with van der Waals surface area (Å²) in [7, 11) is -2.95. The molecule has 3 nitrogen and oxygen atoms in total. The van der Waals surface area contributed by atoms with Crippen LogP contribution in [0.4, 0.5) is 0 Å². The van der Waals surface area contributed by atoms with Crippen molar-refractivity contribution in [2.75, 3.05) is 12.0 Å². The van der Waals surface area contributed by atoms with E-state index < -0.39 is 9.84 Å². The van der Waals surface area contributed by atoms with E-state index in [1.807, 2.05) is 6.07 Å². The highest BCUT2D eigenvalue weighted by Crippen LogP contribution is 2.05. The third-order valence-corrected chi connectivity index (χ3v) is 3.04. The Morgan fingerprint density at radius 3 is 2.33 bits per heavy atom. The van der Waals surface area contributed by atoms with Crippen LogP contribution in [0.25, 0.3) is 0 Å². The van der Waals surface area contributed by atoms with E-state index in [2.05, 4.69) is 0 Å². The second kappa shape index (κ2) is 5.07. The summed E-state index contributed by atoms with van der Waals surface area (Å²) in [5.41, 5.74) is 0.644. The summed E-state index contributed by atoms with van der Waals surface area (Å²) < 4.78 is 21.7. The molecule has 15 heavy (non-hydrogen) atoms. The van der Waals surface area contributed by atoms with Crippen LogP contribution in [0.2, 0.25) is 0 Å². The number of hydrogen-bond acceptors (Lipinski definition) is 3. The third-order valence-electron chi connectivity index (χ3n) is 2.01. The van der Waals surface area contributed by atoms with Gasteiger partial charge in [0, 0.05) is 18.2 Å². The Morgan fingerprint density at radius 2 is 1.80 bits per heavy atom. The van der Waals surface area contributed by atoms with Gasteiger partial charge in [-0.3, -0.25) is 4.79 Å². The summed E-state index contributed by atoms with van der Waals surface area (Å²) >= 11 is 0. The van der Waals surface area contributed by atoms with Crippen LogP contribution in [0.5, 0.6) is 0 Å². The van der Waals surface area contributed by atoms with Gasteiger partial charge in [0.05, 0.1) is 5.75 Å². The van der Waals surface area contributed by atoms with Gasteiger partial charge in [-0.05, 0) is 6.42 Å². The van der Waals surface area contributed by atoms with E-state index in [-0.39, 0.29) is 18.0 Å². The smallest absolute Gasteiger partial charge is 0.162 e. The standard InChI is InChI=1S/C11H14O3S/c1-15(13,14)9-5-8-11(12)10-6-3-2-4-7-10/h2-4,6-7H,5,8-9H2,1H3. The SMILES string of the molecule is CS(=O)(=O)CCCC(=O)c1ccccc1. The van der Waals surface area contributed by atoms with Crippen LogP contribution < -0.4 is 0 Å². The van der Waals surface area contributed by atoms with E-state index in [4.69, 9.17) is 0 Å². The predicted molar refractivity (Wildman–Crippen MR) is 59.7 cm³/mol. The van der Waals surface area contributed by atoms with E-state index in [9.17, 15) is 13.2 Å². The Hall–Kier alpha value is -1.16. The summed E-state index contributed by atoms with van der Waals surface area (Å²) in [5, 5.41) is 0. The number of carbonyl (C=O) groups excluding carboxylic acids is 1. The number of Topliss-reactive ketones (excluding diaryl/α,β-unsaturated/α-hetero) is 1. The molecule has 0 atom stereocenters. The monoisotopic (exact) mass is 226 g/mol. The molecule has 0 saturated carbocycles. The number of rotatable bonds is 5. The molecule has 4 heteroatoms. The maximum atomic E-state index is 11.5. The van der Waals surface area contributed by atoms with Gasteiger partial charge < -0.3 is 0 Å². The molecule has 0 unspecified atom stereocenters. The molecule has 0 saturated heterocycles. The largest absolute Gasteiger partial charge is 0.294 e. The maximum Gasteiger partial charge on any atom is 0.162 e. The maximum absolute atomic E-state index is 11.5. The normalized spacial score (nSPS) is 11.3. The lowest BCUT2D eigenvalue weighted by atomic mass is 10.1. The fraction of sp³-hybridized carbons (Fsp3) is 0.364. The van der Waals surface area contributed by atoms with Crippen LogP contribution in [-0.2, 0) is 9.84 Å². The minimum Gasteiger partial charge on any atom is -0.294 e. The molecule has 1 aromatic carbocycles. The van der Waals surface area contributed by atoms with Gasteiger partial charge in [-0.1, -0.05) is 30.3 Å². The number of carbonyl (C=O) groups is 1. The first-order chi connectivity index (χ1) is 6.99. The molecule has 82 valence electrons. The summed E-state index contributed by atoms with van der Waals surface area (Å²) in [5.74, 6) is 0.0743. The third kappa shape index (κ3) is 4.74. The van der Waals surface area contributed by atoms with Crippen LogP contribution >= 0.6 is 0 Å². The zero-order chi connectivity index (χ0) is 11.3. The molecule has 0 aliphatic rings. The Morgan fingerprint density at radius 1 is 1.20 bits per heavy atom. The minimum absolute atomic E-state index is 0.000694. The summed E-state index contributed by atoms with van der Waals surface area (Å²) in [6, 6.07) is 8.91. The number of hydrogen-bond donors (Lipinski definition) is 0. The molecule has 0 N–H and O–H groups in total. The second-order valence-corrected chi connectivity index (χ2v) is 5.78. The quantitative estimate of drug-likeness (QED) is 0.718. The predicted octanol–water partition coefficient (Wildman–Crippen LogP) is 1.69. The van der Waals surface area contributed by atoms with Crippen molar-refractivity contribution < 1.29 is 13.2 Å². The van der Waals surface area contributed by atoms with Crippen molar-refractivity contribution in [3.63, 3.8) is 0 Å². The average Bonchev–Trinajstić information content (AvgIpc) is 2.17. The molecule has 0 fully saturated rings. The van der Waals surface area contributed by atoms with Crippen molar-refractivity contribution >= 4 is 15.6 Å². The van der Waals surface area contributed by atoms with Crippen LogP contribution in [-0.4, -0.2) is 26.2 Å². The van der Waals surface area contributed by atoms with Crippen LogP contribution in [0, 0.1) is 0 Å². The molecular formula is C11H14O3S. The van der Waals surface area contributed by atoms with Crippen molar-refractivity contribution in [1.82, 2.24) is 0 Å². The summed E-state index contributed by atoms with van der Waals surface area (Å²) in [6.07, 6.45) is 1.86. The molecule has 0 bridgehead atoms. The highest BCUT2D eigenvalue weighted by atomic mass is 32.2. The lowest BCUT2D eigenvalue weighted by Crippen LogP contribution is -2.06. The zero-order valence-corrected chi connectivity index (χ0v) is 9.46. The average molecular weight is 226 g/mol. The first-order valence-corrected chi connectivity index (χ1v) is 6.81. The zero-order valence-electron chi connectivity index (χ0n) is 8.64. The van der Waals surface area contributed by atoms with Crippen molar-refractivity contribution in [3.8, 4) is 0 Å². The highest BCUT2D eigenvalue weighted by molar-refractivity contribution is 7.90. The second-order valence-electron chi connectivity index (χ2n) is 3.52. The summed E-state index contributed by atoms with van der Waals surface area (Å²) in [4.78, 5) is 11.5. The molecule has 0 aliphatic heterocycles. The van der Waals surface area contributed by atoms with E-state index in [1.54, 1.807) is 24.3 Å². The molecule has 0 heterocycles. The molecule has 1 aromatic rings. The molecule has 0 spiro atoms. The fourth-order valence-corrected chi connectivity index (χ4v) is 1.93. The first kappa shape index (κ1) is 11.9. The first-order valence-electron chi connectivity index (χ1n) is 4.75. The van der Waals surface area contributed by atoms with Crippen LogP contribution in [0.3, 0.4) is 0 Å². The molecule has 1 rings (SSSR count). The van der Waals surface area contributed by atoms with E-state index in [1.165, 1.54) is 6.26 Å². The van der Waals surface area contributed by atoms with Gasteiger partial charge in [-0.15, -0.1) is 0 Å². The highest BCUT2D eigenvalue weighted by Gasteiger charge is 2.07. The molecular weight excluding hydrogens is 212 g/mol. The Bertz CT molecular complexity index is 420. The van der Waals surface area contributed by atoms with Gasteiger partial charge in [0.15, 0.2) is 5.78 Å². The molecule has 0 radical (unpaired) electrons. The Kier molecular flexibility index (Phi) is 4.03. The van der Waals surface area contributed by atoms with Gasteiger partial charge in [0.1, 0.15) is 9.84 Å². The molecule has 0 aliphatic carbocycles. The Balaban J connectivity index is 2.45. The van der Waals surface area contributed by atoms with Crippen molar-refractivity contribution in [2.45, 2.75) is 12.8 Å². The van der Waals surface area contributed by atoms with Gasteiger partial charge in [-0.2, -0.15) is 0 Å². The van der Waals surface area contributed by atoms with Crippen molar-refractivity contribution in [2.24, 2.45) is 0 Å². The van der Waals surface area contributed by atoms with Crippen LogP contribution in [0.1, 0.15) is 23.2 Å². The fourth-order valence-electron chi connectivity index (χ4n) is 1.26. The van der Waals surface area contributed by atoms with E-state index >= 15 is 0 Å². The van der Waals surface area contributed by atoms with Gasteiger partial charge >= 0.3 is 0 Å². The van der Waals surface area contributed by atoms with Gasteiger partial charge in [0.25, 0.3) is 0 Å². The molecule has 0 amide bonds. The Labute approximate surface area is 90.0 Å². The number of ketones is 1. The lowest BCUT2D eigenvalue weighted by Gasteiger charge is -1.99. The topological polar surface area (TPSA) is 51.2 Å². The van der Waals surface area contributed by atoms with Crippen LogP contribution in [0.15, 0.2) is 30.3 Å². The van der Waals surface area contributed by atoms with Crippen molar-refractivity contribution in [3.05, 3.63) is 35.9 Å².